The van der Waals surface area contributed by atoms with E-state index in [4.69, 9.17) is 9.47 Å². The number of carbonyl (C=O) groups excluding carboxylic acids is 1. The van der Waals surface area contributed by atoms with Crippen molar-refractivity contribution in [3.05, 3.63) is 36.0 Å². The molecule has 0 bridgehead atoms. The van der Waals surface area contributed by atoms with E-state index in [1.165, 1.54) is 24.4 Å². The number of alkyl halides is 3. The molecule has 2 aromatic rings. The molecule has 2 rings (SSSR count). The fraction of sp³-hybridized carbons (Fsp3) is 0.500. The number of carbonyl (C=O) groups is 1. The van der Waals surface area contributed by atoms with Gasteiger partial charge in [0.1, 0.15) is 5.75 Å². The lowest BCUT2D eigenvalue weighted by Crippen LogP contribution is -2.19. The van der Waals surface area contributed by atoms with Gasteiger partial charge in [0, 0.05) is 11.8 Å². The van der Waals surface area contributed by atoms with Gasteiger partial charge in [-0.3, -0.25) is 5.32 Å². The van der Waals surface area contributed by atoms with Crippen LogP contribution in [0.5, 0.6) is 5.75 Å². The van der Waals surface area contributed by atoms with E-state index in [1.54, 1.807) is 13.8 Å². The standard InChI is InChI=1S/C22H28F3N3O3/c1-13(2)10-15(5)12-30-19-7-6-16(11-17(19)22(23,24)25)18-8-9-26-20(27-18)28-21(29)31-14(3)4/h6-9,11,13-15H,10,12H2,1-5H3,(H,26,27,28,29)/t15-/m1/s1. The summed E-state index contributed by atoms with van der Waals surface area (Å²) in [4.78, 5) is 19.7. The molecule has 6 nitrogen and oxygen atoms in total. The zero-order valence-corrected chi connectivity index (χ0v) is 18.3. The molecule has 1 amide bonds. The summed E-state index contributed by atoms with van der Waals surface area (Å²) in [6.07, 6.45) is -3.48. The summed E-state index contributed by atoms with van der Waals surface area (Å²) in [5.74, 6) is 0.266. The van der Waals surface area contributed by atoms with Gasteiger partial charge in [0.25, 0.3) is 0 Å². The Kier molecular flexibility index (Phi) is 8.24. The van der Waals surface area contributed by atoms with Crippen molar-refractivity contribution in [2.45, 2.75) is 53.3 Å². The van der Waals surface area contributed by atoms with Gasteiger partial charge in [-0.2, -0.15) is 13.2 Å². The summed E-state index contributed by atoms with van der Waals surface area (Å²) in [5.41, 5.74) is -0.438. The monoisotopic (exact) mass is 439 g/mol. The van der Waals surface area contributed by atoms with Crippen molar-refractivity contribution < 1.29 is 27.4 Å². The molecule has 0 aliphatic heterocycles. The highest BCUT2D eigenvalue weighted by Crippen LogP contribution is 2.39. The Morgan fingerprint density at radius 1 is 1.13 bits per heavy atom. The number of nitrogens with one attached hydrogen (secondary N) is 1. The first-order valence-corrected chi connectivity index (χ1v) is 10.1. The van der Waals surface area contributed by atoms with Crippen LogP contribution < -0.4 is 10.1 Å². The van der Waals surface area contributed by atoms with E-state index in [9.17, 15) is 18.0 Å². The molecular weight excluding hydrogens is 411 g/mol. The van der Waals surface area contributed by atoms with Crippen LogP contribution in [-0.2, 0) is 10.9 Å². The largest absolute Gasteiger partial charge is 0.493 e. The lowest BCUT2D eigenvalue weighted by atomic mass is 10.00. The number of ether oxygens (including phenoxy) is 2. The Morgan fingerprint density at radius 2 is 1.84 bits per heavy atom. The fourth-order valence-electron chi connectivity index (χ4n) is 3.06. The molecule has 0 unspecified atom stereocenters. The van der Waals surface area contributed by atoms with Crippen LogP contribution >= 0.6 is 0 Å². The first-order valence-electron chi connectivity index (χ1n) is 10.1. The van der Waals surface area contributed by atoms with Crippen molar-refractivity contribution in [2.75, 3.05) is 11.9 Å². The lowest BCUT2D eigenvalue weighted by Gasteiger charge is -2.19. The molecular formula is C22H28F3N3O3. The SMILES string of the molecule is CC(C)C[C@@H](C)COc1ccc(-c2ccnc(NC(=O)OC(C)C)n2)cc1C(F)(F)F. The molecule has 31 heavy (non-hydrogen) atoms. The third kappa shape index (κ3) is 7.73. The Hall–Kier alpha value is -2.84. The van der Waals surface area contributed by atoms with E-state index in [0.29, 0.717) is 5.92 Å². The van der Waals surface area contributed by atoms with Crippen molar-refractivity contribution in [1.29, 1.82) is 0 Å². The lowest BCUT2D eigenvalue weighted by molar-refractivity contribution is -0.139. The normalized spacial score (nSPS) is 12.7. The minimum Gasteiger partial charge on any atom is -0.493 e. The van der Waals surface area contributed by atoms with Gasteiger partial charge in [0.2, 0.25) is 5.95 Å². The third-order valence-electron chi connectivity index (χ3n) is 4.19. The van der Waals surface area contributed by atoms with Gasteiger partial charge in [-0.1, -0.05) is 20.8 Å². The maximum Gasteiger partial charge on any atom is 0.419 e. The van der Waals surface area contributed by atoms with Gasteiger partial charge >= 0.3 is 12.3 Å². The summed E-state index contributed by atoms with van der Waals surface area (Å²) >= 11 is 0. The van der Waals surface area contributed by atoms with Gasteiger partial charge in [0.05, 0.1) is 24.0 Å². The zero-order valence-electron chi connectivity index (χ0n) is 18.3. The molecule has 1 aromatic heterocycles. The molecule has 1 N–H and O–H groups in total. The molecule has 0 saturated heterocycles. The molecule has 0 spiro atoms. The van der Waals surface area contributed by atoms with Crippen LogP contribution in [0.2, 0.25) is 0 Å². The summed E-state index contributed by atoms with van der Waals surface area (Å²) in [7, 11) is 0. The molecule has 1 heterocycles. The molecule has 0 fully saturated rings. The molecule has 0 radical (unpaired) electrons. The second-order valence-corrected chi connectivity index (χ2v) is 8.10. The maximum absolute atomic E-state index is 13.7. The van der Waals surface area contributed by atoms with E-state index in [0.717, 1.165) is 12.5 Å². The van der Waals surface area contributed by atoms with Gasteiger partial charge < -0.3 is 9.47 Å². The van der Waals surface area contributed by atoms with Crippen LogP contribution in [-0.4, -0.2) is 28.8 Å². The number of rotatable bonds is 8. The number of hydrogen-bond acceptors (Lipinski definition) is 5. The number of halogens is 3. The van der Waals surface area contributed by atoms with Crippen LogP contribution in [0.3, 0.4) is 0 Å². The van der Waals surface area contributed by atoms with E-state index < -0.39 is 17.8 Å². The van der Waals surface area contributed by atoms with Crippen LogP contribution in [0.25, 0.3) is 11.3 Å². The van der Waals surface area contributed by atoms with Crippen LogP contribution in [0, 0.1) is 11.8 Å². The van der Waals surface area contributed by atoms with Crippen molar-refractivity contribution in [3.8, 4) is 17.0 Å². The number of aromatic nitrogens is 2. The van der Waals surface area contributed by atoms with E-state index >= 15 is 0 Å². The number of anilines is 1. The van der Waals surface area contributed by atoms with Crippen LogP contribution in [0.4, 0.5) is 23.9 Å². The van der Waals surface area contributed by atoms with Crippen molar-refractivity contribution in [2.24, 2.45) is 11.8 Å². The average Bonchev–Trinajstić information content (AvgIpc) is 2.64. The smallest absolute Gasteiger partial charge is 0.419 e. The quantitative estimate of drug-likeness (QED) is 0.532. The van der Waals surface area contributed by atoms with E-state index in [2.05, 4.69) is 29.1 Å². The van der Waals surface area contributed by atoms with Gasteiger partial charge in [-0.05, 0) is 56.4 Å². The van der Waals surface area contributed by atoms with Gasteiger partial charge in [-0.25, -0.2) is 14.8 Å². The zero-order chi connectivity index (χ0) is 23.2. The summed E-state index contributed by atoms with van der Waals surface area (Å²) in [6, 6.07) is 5.24. The Morgan fingerprint density at radius 3 is 2.45 bits per heavy atom. The fourth-order valence-corrected chi connectivity index (χ4v) is 3.06. The van der Waals surface area contributed by atoms with E-state index in [-0.39, 0.29) is 41.6 Å². The first kappa shape index (κ1) is 24.4. The predicted octanol–water partition coefficient (Wildman–Crippen LogP) is 6.18. The molecule has 0 aliphatic rings. The Balaban J connectivity index is 2.26. The van der Waals surface area contributed by atoms with Gasteiger partial charge in [0.15, 0.2) is 0 Å². The maximum atomic E-state index is 13.7. The number of amides is 1. The van der Waals surface area contributed by atoms with E-state index in [1.807, 2.05) is 6.92 Å². The highest BCUT2D eigenvalue weighted by molar-refractivity contribution is 5.82. The van der Waals surface area contributed by atoms with Crippen molar-refractivity contribution >= 4 is 12.0 Å². The van der Waals surface area contributed by atoms with Crippen LogP contribution in [0.15, 0.2) is 30.5 Å². The second-order valence-electron chi connectivity index (χ2n) is 8.10. The van der Waals surface area contributed by atoms with Crippen molar-refractivity contribution in [1.82, 2.24) is 9.97 Å². The van der Waals surface area contributed by atoms with Crippen molar-refractivity contribution in [3.63, 3.8) is 0 Å². The molecule has 1 atom stereocenters. The average molecular weight is 439 g/mol. The predicted molar refractivity (Wildman–Crippen MR) is 112 cm³/mol. The molecule has 0 aliphatic carbocycles. The molecule has 1 aromatic carbocycles. The number of hydrogen-bond donors (Lipinski definition) is 1. The Labute approximate surface area is 180 Å². The number of nitrogens with zero attached hydrogens (tertiary/aromatic N) is 2. The minimum absolute atomic E-state index is 0.0699. The summed E-state index contributed by atoms with van der Waals surface area (Å²) in [6.45, 7) is 9.62. The third-order valence-corrected chi connectivity index (χ3v) is 4.19. The summed E-state index contributed by atoms with van der Waals surface area (Å²) < 4.78 is 51.5. The molecule has 9 heteroatoms. The number of benzene rings is 1. The van der Waals surface area contributed by atoms with Crippen LogP contribution in [0.1, 0.15) is 46.6 Å². The van der Waals surface area contributed by atoms with Gasteiger partial charge in [-0.15, -0.1) is 0 Å². The highest BCUT2D eigenvalue weighted by Gasteiger charge is 2.35. The summed E-state index contributed by atoms with van der Waals surface area (Å²) in [5, 5.41) is 2.36. The topological polar surface area (TPSA) is 73.3 Å². The first-order chi connectivity index (χ1) is 14.5. The second kappa shape index (κ2) is 10.5. The highest BCUT2D eigenvalue weighted by atomic mass is 19.4. The Bertz CT molecular complexity index is 886. The molecule has 170 valence electrons. The molecule has 0 saturated carbocycles. The minimum atomic E-state index is -4.60.